The Morgan fingerprint density at radius 2 is 2.36 bits per heavy atom. The fourth-order valence-corrected chi connectivity index (χ4v) is 1.78. The zero-order chi connectivity index (χ0) is 8.27. The minimum atomic E-state index is -0.298. The van der Waals surface area contributed by atoms with Crippen LogP contribution in [0.5, 0.6) is 0 Å². The number of nitrogens with zero attached hydrogens (tertiary/aromatic N) is 1. The highest BCUT2D eigenvalue weighted by Gasteiger charge is 2.34. The molecule has 1 fully saturated rings. The minimum Gasteiger partial charge on any atom is -0.264 e. The molecule has 0 N–H and O–H groups in total. The number of hydrogen-bond donors (Lipinski definition) is 0. The Balaban J connectivity index is 2.50. The van der Waals surface area contributed by atoms with E-state index >= 15 is 0 Å². The number of nitro groups is 1. The zero-order valence-corrected chi connectivity index (χ0v) is 6.53. The number of rotatable bonds is 3. The van der Waals surface area contributed by atoms with Crippen LogP contribution in [0.25, 0.3) is 0 Å². The highest BCUT2D eigenvalue weighted by molar-refractivity contribution is 4.83. The van der Waals surface area contributed by atoms with Crippen LogP contribution < -0.4 is 0 Å². The lowest BCUT2D eigenvalue weighted by atomic mass is 10.0. The molecule has 0 radical (unpaired) electrons. The van der Waals surface area contributed by atoms with Gasteiger partial charge in [-0.1, -0.05) is 6.08 Å². The molecule has 1 aliphatic carbocycles. The van der Waals surface area contributed by atoms with Gasteiger partial charge in [0.2, 0.25) is 6.04 Å². The summed E-state index contributed by atoms with van der Waals surface area (Å²) < 4.78 is 0. The molecule has 3 nitrogen and oxygen atoms in total. The maximum Gasteiger partial charge on any atom is 0.216 e. The molecule has 62 valence electrons. The van der Waals surface area contributed by atoms with E-state index in [0.29, 0.717) is 0 Å². The standard InChI is InChI=1S/C8H13NO2/c1-2-4-7-5-3-6-8(7)9(10)11/h2,7-8H,1,3-6H2. The van der Waals surface area contributed by atoms with Crippen molar-refractivity contribution < 1.29 is 4.92 Å². The van der Waals surface area contributed by atoms with Gasteiger partial charge in [0.15, 0.2) is 0 Å². The van der Waals surface area contributed by atoms with Crippen LogP contribution in [0.1, 0.15) is 25.7 Å². The molecule has 0 aromatic carbocycles. The third kappa shape index (κ3) is 1.79. The van der Waals surface area contributed by atoms with Gasteiger partial charge in [-0.25, -0.2) is 0 Å². The number of allylic oxidation sites excluding steroid dienone is 1. The van der Waals surface area contributed by atoms with Gasteiger partial charge < -0.3 is 0 Å². The van der Waals surface area contributed by atoms with E-state index in [1.165, 1.54) is 0 Å². The molecule has 0 saturated heterocycles. The van der Waals surface area contributed by atoms with Crippen LogP contribution in [0.3, 0.4) is 0 Å². The maximum absolute atomic E-state index is 10.5. The second-order valence-electron chi connectivity index (χ2n) is 3.07. The highest BCUT2D eigenvalue weighted by Crippen LogP contribution is 2.30. The summed E-state index contributed by atoms with van der Waals surface area (Å²) in [4.78, 5) is 10.3. The summed E-state index contributed by atoms with van der Waals surface area (Å²) in [6, 6.07) is -0.298. The first-order chi connectivity index (χ1) is 5.25. The van der Waals surface area contributed by atoms with Crippen molar-refractivity contribution in [1.82, 2.24) is 0 Å². The maximum atomic E-state index is 10.5. The summed E-state index contributed by atoms with van der Waals surface area (Å²) in [6.07, 6.45) is 5.34. The second kappa shape index (κ2) is 3.51. The monoisotopic (exact) mass is 155 g/mol. The molecular formula is C8H13NO2. The van der Waals surface area contributed by atoms with Crippen molar-refractivity contribution in [1.29, 1.82) is 0 Å². The largest absolute Gasteiger partial charge is 0.264 e. The molecule has 1 rings (SSSR count). The molecule has 0 aromatic heterocycles. The van der Waals surface area contributed by atoms with E-state index in [1.54, 1.807) is 6.08 Å². The van der Waals surface area contributed by atoms with E-state index in [2.05, 4.69) is 6.58 Å². The fourth-order valence-electron chi connectivity index (χ4n) is 1.78. The van der Waals surface area contributed by atoms with Gasteiger partial charge in [0.25, 0.3) is 0 Å². The zero-order valence-electron chi connectivity index (χ0n) is 6.53. The third-order valence-electron chi connectivity index (χ3n) is 2.36. The fraction of sp³-hybridized carbons (Fsp3) is 0.750. The summed E-state index contributed by atoms with van der Waals surface area (Å²) in [5, 5.41) is 10.5. The Bertz CT molecular complexity index is 167. The van der Waals surface area contributed by atoms with Gasteiger partial charge in [0.05, 0.1) is 0 Å². The Morgan fingerprint density at radius 1 is 1.64 bits per heavy atom. The van der Waals surface area contributed by atoms with E-state index in [4.69, 9.17) is 0 Å². The van der Waals surface area contributed by atoms with E-state index in [-0.39, 0.29) is 16.9 Å². The highest BCUT2D eigenvalue weighted by atomic mass is 16.6. The SMILES string of the molecule is C=CCC1CCCC1[N+](=O)[O-]. The van der Waals surface area contributed by atoms with E-state index in [0.717, 1.165) is 25.7 Å². The van der Waals surface area contributed by atoms with Crippen LogP contribution in [0.2, 0.25) is 0 Å². The predicted octanol–water partition coefficient (Wildman–Crippen LogP) is 2.01. The molecule has 1 saturated carbocycles. The lowest BCUT2D eigenvalue weighted by molar-refractivity contribution is -0.528. The number of hydrogen-bond acceptors (Lipinski definition) is 2. The van der Waals surface area contributed by atoms with Crippen LogP contribution in [0.4, 0.5) is 0 Å². The lowest BCUT2D eigenvalue weighted by Crippen LogP contribution is -2.23. The van der Waals surface area contributed by atoms with Crippen molar-refractivity contribution in [3.63, 3.8) is 0 Å². The van der Waals surface area contributed by atoms with Crippen molar-refractivity contribution in [2.24, 2.45) is 5.92 Å². The van der Waals surface area contributed by atoms with Gasteiger partial charge in [-0.2, -0.15) is 0 Å². The summed E-state index contributed by atoms with van der Waals surface area (Å²) in [5.74, 6) is 0.252. The molecular weight excluding hydrogens is 142 g/mol. The van der Waals surface area contributed by atoms with E-state index in [9.17, 15) is 10.1 Å². The molecule has 2 unspecified atom stereocenters. The molecule has 11 heavy (non-hydrogen) atoms. The van der Waals surface area contributed by atoms with Gasteiger partial charge >= 0.3 is 0 Å². The van der Waals surface area contributed by atoms with Crippen LogP contribution in [-0.4, -0.2) is 11.0 Å². The summed E-state index contributed by atoms with van der Waals surface area (Å²) in [5.41, 5.74) is 0. The van der Waals surface area contributed by atoms with Crippen LogP contribution in [0.15, 0.2) is 12.7 Å². The van der Waals surface area contributed by atoms with Gasteiger partial charge in [0.1, 0.15) is 0 Å². The molecule has 0 aromatic rings. The molecule has 0 heterocycles. The Hall–Kier alpha value is -0.860. The minimum absolute atomic E-state index is 0.138. The average Bonchev–Trinajstić information content (AvgIpc) is 2.36. The summed E-state index contributed by atoms with van der Waals surface area (Å²) >= 11 is 0. The second-order valence-corrected chi connectivity index (χ2v) is 3.07. The quantitative estimate of drug-likeness (QED) is 0.355. The van der Waals surface area contributed by atoms with Gasteiger partial charge in [0, 0.05) is 17.3 Å². The topological polar surface area (TPSA) is 43.1 Å². The first kappa shape index (κ1) is 8.24. The molecule has 2 atom stereocenters. The van der Waals surface area contributed by atoms with E-state index in [1.807, 2.05) is 0 Å². The molecule has 0 amide bonds. The van der Waals surface area contributed by atoms with Crippen molar-refractivity contribution in [2.45, 2.75) is 31.7 Å². The van der Waals surface area contributed by atoms with Crippen LogP contribution >= 0.6 is 0 Å². The van der Waals surface area contributed by atoms with Crippen molar-refractivity contribution in [3.05, 3.63) is 22.8 Å². The summed E-state index contributed by atoms with van der Waals surface area (Å²) in [7, 11) is 0. The molecule has 3 heteroatoms. The molecule has 1 aliphatic rings. The average molecular weight is 155 g/mol. The van der Waals surface area contributed by atoms with Gasteiger partial charge in [-0.3, -0.25) is 10.1 Å². The normalized spacial score (nSPS) is 30.2. The van der Waals surface area contributed by atoms with Gasteiger partial charge in [-0.15, -0.1) is 6.58 Å². The molecule has 0 spiro atoms. The summed E-state index contributed by atoms with van der Waals surface area (Å²) in [6.45, 7) is 3.60. The molecule has 0 aliphatic heterocycles. The van der Waals surface area contributed by atoms with Crippen molar-refractivity contribution in [3.8, 4) is 0 Å². The first-order valence-electron chi connectivity index (χ1n) is 4.00. The Labute approximate surface area is 66.3 Å². The van der Waals surface area contributed by atoms with Crippen molar-refractivity contribution >= 4 is 0 Å². The molecule has 0 bridgehead atoms. The Kier molecular flexibility index (Phi) is 2.63. The van der Waals surface area contributed by atoms with Crippen molar-refractivity contribution in [2.75, 3.05) is 0 Å². The Morgan fingerprint density at radius 3 is 2.91 bits per heavy atom. The third-order valence-corrected chi connectivity index (χ3v) is 2.36. The lowest BCUT2D eigenvalue weighted by Gasteiger charge is -2.09. The smallest absolute Gasteiger partial charge is 0.216 e. The van der Waals surface area contributed by atoms with Gasteiger partial charge in [-0.05, 0) is 19.3 Å². The first-order valence-corrected chi connectivity index (χ1v) is 4.00. The van der Waals surface area contributed by atoms with Crippen LogP contribution in [-0.2, 0) is 0 Å². The van der Waals surface area contributed by atoms with Crippen LogP contribution in [0, 0.1) is 16.0 Å². The predicted molar refractivity (Wildman–Crippen MR) is 42.9 cm³/mol. The van der Waals surface area contributed by atoms with E-state index < -0.39 is 0 Å².